The Morgan fingerprint density at radius 1 is 0.529 bits per heavy atom. The van der Waals surface area contributed by atoms with E-state index in [-0.39, 0.29) is 64.7 Å². The van der Waals surface area contributed by atoms with Gasteiger partial charge in [0.1, 0.15) is 16.8 Å². The summed E-state index contributed by atoms with van der Waals surface area (Å²) >= 11 is 1.71. The fourth-order valence-electron chi connectivity index (χ4n) is 5.58. The van der Waals surface area contributed by atoms with Gasteiger partial charge in [0.25, 0.3) is 0 Å². The number of fused-ring (bicyclic) bond motifs is 2. The van der Waals surface area contributed by atoms with Gasteiger partial charge in [0.15, 0.2) is 0 Å². The Morgan fingerprint density at radius 2 is 0.843 bits per heavy atom. The third-order valence-corrected chi connectivity index (χ3v) is 9.08. The van der Waals surface area contributed by atoms with Gasteiger partial charge in [-0.3, -0.25) is 4.79 Å². The van der Waals surface area contributed by atoms with Gasteiger partial charge in [-0.15, -0.1) is 0 Å². The average molecular weight is 726 g/mol. The van der Waals surface area contributed by atoms with Gasteiger partial charge in [0, 0.05) is 75.1 Å². The lowest BCUT2D eigenvalue weighted by Crippen LogP contribution is -2.52. The number of anilines is 2. The van der Waals surface area contributed by atoms with Crippen LogP contribution in [0.5, 0.6) is 0 Å². The van der Waals surface area contributed by atoms with Crippen molar-refractivity contribution in [2.24, 2.45) is 0 Å². The molecule has 0 bridgehead atoms. The summed E-state index contributed by atoms with van der Waals surface area (Å²) in [5.74, 6) is -0.107. The van der Waals surface area contributed by atoms with Crippen molar-refractivity contribution < 1.29 is 33.4 Å². The van der Waals surface area contributed by atoms with E-state index in [9.17, 15) is 19.2 Å². The number of hydrogen-bond donors (Lipinski definition) is 0. The zero-order chi connectivity index (χ0) is 37.6. The van der Waals surface area contributed by atoms with Crippen LogP contribution in [-0.4, -0.2) is 119 Å². The van der Waals surface area contributed by atoms with E-state index in [2.05, 4.69) is 29.2 Å². The van der Waals surface area contributed by atoms with Gasteiger partial charge in [-0.1, -0.05) is 36.0 Å². The van der Waals surface area contributed by atoms with Crippen LogP contribution in [0.25, 0.3) is 0 Å². The zero-order valence-corrected chi connectivity index (χ0v) is 32.5. The number of ether oxygens (including phenoxy) is 3. The predicted molar refractivity (Wildman–Crippen MR) is 199 cm³/mol. The van der Waals surface area contributed by atoms with Gasteiger partial charge in [-0.2, -0.15) is 0 Å². The Morgan fingerprint density at radius 3 is 1.18 bits per heavy atom. The first-order chi connectivity index (χ1) is 23.8. The van der Waals surface area contributed by atoms with Crippen molar-refractivity contribution in [3.8, 4) is 0 Å². The predicted octanol–water partition coefficient (Wildman–Crippen LogP) is 7.23. The lowest BCUT2D eigenvalue weighted by atomic mass is 10.2. The molecule has 4 amide bonds. The summed E-state index contributed by atoms with van der Waals surface area (Å²) < 4.78 is 17.1. The molecule has 1 saturated heterocycles. The van der Waals surface area contributed by atoms with Gasteiger partial charge in [-0.25, -0.2) is 14.4 Å². The Labute approximate surface area is 307 Å². The summed E-state index contributed by atoms with van der Waals surface area (Å²) in [6, 6.07) is 16.3. The highest BCUT2D eigenvalue weighted by Crippen LogP contribution is 2.47. The first-order valence-corrected chi connectivity index (χ1v) is 18.5. The van der Waals surface area contributed by atoms with Crippen molar-refractivity contribution in [2.75, 3.05) is 63.8 Å². The van der Waals surface area contributed by atoms with E-state index in [1.807, 2.05) is 24.3 Å². The number of amides is 4. The molecule has 2 aliphatic heterocycles. The minimum atomic E-state index is -0.742. The molecule has 0 N–H and O–H groups in total. The summed E-state index contributed by atoms with van der Waals surface area (Å²) in [7, 11) is 0. The number of nitrogens with zero attached hydrogens (tertiary/aromatic N) is 5. The van der Waals surface area contributed by atoms with Gasteiger partial charge >= 0.3 is 18.3 Å². The Balaban J connectivity index is 1.59. The van der Waals surface area contributed by atoms with Crippen LogP contribution in [0.3, 0.4) is 0 Å². The van der Waals surface area contributed by atoms with Crippen LogP contribution in [-0.2, 0) is 19.0 Å². The van der Waals surface area contributed by atoms with Crippen molar-refractivity contribution >= 4 is 47.3 Å². The molecular weight excluding hydrogens is 671 g/mol. The minimum Gasteiger partial charge on any atom is -0.444 e. The molecule has 2 aromatic rings. The molecule has 280 valence electrons. The maximum absolute atomic E-state index is 14.1. The minimum absolute atomic E-state index is 0.107. The van der Waals surface area contributed by atoms with E-state index in [1.54, 1.807) is 79.0 Å². The molecule has 0 atom stereocenters. The third kappa shape index (κ3) is 12.0. The average Bonchev–Trinajstić information content (AvgIpc) is 3.00. The Bertz CT molecular complexity index is 1460. The van der Waals surface area contributed by atoms with Crippen LogP contribution in [0.15, 0.2) is 58.3 Å². The molecule has 0 unspecified atom stereocenters. The van der Waals surface area contributed by atoms with E-state index in [1.165, 1.54) is 14.7 Å². The van der Waals surface area contributed by atoms with Crippen LogP contribution in [0, 0.1) is 0 Å². The molecule has 0 aromatic heterocycles. The van der Waals surface area contributed by atoms with E-state index in [0.717, 1.165) is 21.2 Å². The highest BCUT2D eigenvalue weighted by Gasteiger charge is 2.31. The number of carbonyl (C=O) groups is 4. The summed E-state index contributed by atoms with van der Waals surface area (Å²) in [5, 5.41) is 0. The van der Waals surface area contributed by atoms with Gasteiger partial charge in [0.05, 0.1) is 11.4 Å². The molecule has 1 fully saturated rings. The van der Waals surface area contributed by atoms with Crippen LogP contribution >= 0.6 is 11.8 Å². The molecule has 0 spiro atoms. The SMILES string of the molecule is CC(C)(C)OC(=O)N1CCN(C(=O)CCN2c3ccccc3Sc3ccccc32)CCN(C(=O)OC(C)(C)C)CCN(C(=O)OC(C)(C)C)CC1. The number of para-hydroxylation sites is 2. The van der Waals surface area contributed by atoms with Crippen molar-refractivity contribution in [1.29, 1.82) is 0 Å². The van der Waals surface area contributed by atoms with Crippen LogP contribution < -0.4 is 4.90 Å². The fourth-order valence-corrected chi connectivity index (χ4v) is 6.67. The van der Waals surface area contributed by atoms with Crippen LogP contribution in [0.4, 0.5) is 25.8 Å². The molecule has 4 rings (SSSR count). The molecule has 0 radical (unpaired) electrons. The topological polar surface area (TPSA) is 112 Å². The molecular formula is C38H55N5O7S. The monoisotopic (exact) mass is 725 g/mol. The smallest absolute Gasteiger partial charge is 0.410 e. The van der Waals surface area contributed by atoms with E-state index in [0.29, 0.717) is 6.54 Å². The molecule has 2 aromatic carbocycles. The summed E-state index contributed by atoms with van der Waals surface area (Å²) in [4.78, 5) is 65.0. The second-order valence-corrected chi connectivity index (χ2v) is 16.8. The van der Waals surface area contributed by atoms with Crippen molar-refractivity contribution in [1.82, 2.24) is 19.6 Å². The molecule has 2 heterocycles. The van der Waals surface area contributed by atoms with Gasteiger partial charge < -0.3 is 38.7 Å². The van der Waals surface area contributed by atoms with Gasteiger partial charge in [-0.05, 0) is 86.6 Å². The van der Waals surface area contributed by atoms with Crippen molar-refractivity contribution in [2.45, 2.75) is 95.3 Å². The van der Waals surface area contributed by atoms with E-state index >= 15 is 0 Å². The fraction of sp³-hybridized carbons (Fsp3) is 0.579. The van der Waals surface area contributed by atoms with Crippen LogP contribution in [0.1, 0.15) is 68.7 Å². The summed E-state index contributed by atoms with van der Waals surface area (Å²) in [6.07, 6.45) is -1.42. The van der Waals surface area contributed by atoms with Crippen LogP contribution in [0.2, 0.25) is 0 Å². The lowest BCUT2D eigenvalue weighted by molar-refractivity contribution is -0.131. The maximum Gasteiger partial charge on any atom is 0.410 e. The maximum atomic E-state index is 14.1. The van der Waals surface area contributed by atoms with E-state index in [4.69, 9.17) is 14.2 Å². The Hall–Kier alpha value is -4.13. The van der Waals surface area contributed by atoms with Crippen molar-refractivity contribution in [3.63, 3.8) is 0 Å². The lowest BCUT2D eigenvalue weighted by Gasteiger charge is -2.36. The van der Waals surface area contributed by atoms with Crippen molar-refractivity contribution in [3.05, 3.63) is 48.5 Å². The number of carbonyl (C=O) groups excluding carboxylic acids is 4. The molecule has 13 heteroatoms. The zero-order valence-electron chi connectivity index (χ0n) is 31.7. The highest BCUT2D eigenvalue weighted by atomic mass is 32.2. The summed E-state index contributed by atoms with van der Waals surface area (Å²) in [6.45, 7) is 17.9. The third-order valence-electron chi connectivity index (χ3n) is 7.95. The largest absolute Gasteiger partial charge is 0.444 e. The summed E-state index contributed by atoms with van der Waals surface area (Å²) in [5.41, 5.74) is -0.133. The van der Waals surface area contributed by atoms with Gasteiger partial charge in [0.2, 0.25) is 5.91 Å². The standard InChI is InChI=1S/C38H55N5O7S/c1-36(2,3)48-33(45)40-22-20-39(32(44)18-19-43-28-14-10-12-16-30(28)51-31-17-13-11-15-29(31)43)21-23-41(34(46)49-37(4,5)6)25-27-42(26-24-40)35(47)50-38(7,8)9/h10-17H,18-27H2,1-9H3. The molecule has 0 aliphatic carbocycles. The molecule has 12 nitrogen and oxygen atoms in total. The number of benzene rings is 2. The first-order valence-electron chi connectivity index (χ1n) is 17.6. The quantitative estimate of drug-likeness (QED) is 0.303. The second kappa shape index (κ2) is 16.5. The van der Waals surface area contributed by atoms with E-state index < -0.39 is 35.1 Å². The number of hydrogen-bond acceptors (Lipinski definition) is 9. The highest BCUT2D eigenvalue weighted by molar-refractivity contribution is 7.99. The first kappa shape index (κ1) is 39.7. The normalized spacial score (nSPS) is 16.3. The molecule has 51 heavy (non-hydrogen) atoms. The Kier molecular flexibility index (Phi) is 12.8. The molecule has 2 aliphatic rings. The number of rotatable bonds is 3. The second-order valence-electron chi connectivity index (χ2n) is 15.7. The molecule has 0 saturated carbocycles.